The van der Waals surface area contributed by atoms with Crippen molar-refractivity contribution in [2.75, 3.05) is 0 Å². The summed E-state index contributed by atoms with van der Waals surface area (Å²) in [6, 6.07) is 5.42. The number of carbonyl (C=O) groups excluding carboxylic acids is 1. The van der Waals surface area contributed by atoms with Crippen molar-refractivity contribution in [1.29, 1.82) is 0 Å². The molecule has 2 rings (SSSR count). The van der Waals surface area contributed by atoms with E-state index in [1.165, 1.54) is 24.3 Å². The number of rotatable bonds is 2. The van der Waals surface area contributed by atoms with Gasteiger partial charge in [-0.25, -0.2) is 9.37 Å². The average molecular weight is 204 g/mol. The van der Waals surface area contributed by atoms with Crippen molar-refractivity contribution in [3.8, 4) is 0 Å². The third kappa shape index (κ3) is 1.93. The molecular weight excluding hydrogens is 195 g/mol. The number of hydrogen-bond acceptors (Lipinski definition) is 2. The second kappa shape index (κ2) is 3.65. The van der Waals surface area contributed by atoms with Crippen LogP contribution >= 0.6 is 0 Å². The molecule has 3 nitrogen and oxygen atoms in total. The number of carbonyl (C=O) groups is 1. The Morgan fingerprint density at radius 3 is 2.53 bits per heavy atom. The topological polar surface area (TPSA) is 34.9 Å². The van der Waals surface area contributed by atoms with Crippen molar-refractivity contribution < 1.29 is 9.18 Å². The number of hydrogen-bond donors (Lipinski definition) is 0. The van der Waals surface area contributed by atoms with E-state index in [2.05, 4.69) is 4.98 Å². The van der Waals surface area contributed by atoms with Crippen molar-refractivity contribution in [1.82, 2.24) is 9.55 Å². The summed E-state index contributed by atoms with van der Waals surface area (Å²) in [4.78, 5) is 15.7. The fourth-order valence-electron chi connectivity index (χ4n) is 1.28. The molecule has 0 atom stereocenters. The average Bonchev–Trinajstić information content (AvgIpc) is 2.65. The maximum Gasteiger partial charge on any atom is 0.212 e. The fourth-order valence-corrected chi connectivity index (χ4v) is 1.28. The summed E-state index contributed by atoms with van der Waals surface area (Å²) in [7, 11) is 1.79. The van der Waals surface area contributed by atoms with Gasteiger partial charge in [-0.2, -0.15) is 0 Å². The van der Waals surface area contributed by atoms with Gasteiger partial charge in [-0.05, 0) is 24.3 Å². The van der Waals surface area contributed by atoms with E-state index in [0.29, 0.717) is 11.3 Å². The Balaban J connectivity index is 2.32. The zero-order valence-corrected chi connectivity index (χ0v) is 8.14. The van der Waals surface area contributed by atoms with Gasteiger partial charge in [0.15, 0.2) is 0 Å². The van der Waals surface area contributed by atoms with Crippen molar-refractivity contribution in [2.24, 2.45) is 7.05 Å². The molecule has 1 aromatic carbocycles. The van der Waals surface area contributed by atoms with Gasteiger partial charge in [0.05, 0.1) is 6.33 Å². The lowest BCUT2D eigenvalue weighted by Crippen LogP contribution is -2.01. The van der Waals surface area contributed by atoms with E-state index < -0.39 is 0 Å². The van der Waals surface area contributed by atoms with Gasteiger partial charge in [0, 0.05) is 18.8 Å². The number of halogens is 1. The fraction of sp³-hybridized carbons (Fsp3) is 0.0909. The monoisotopic (exact) mass is 204 g/mol. The van der Waals surface area contributed by atoms with Crippen LogP contribution in [0.25, 0.3) is 0 Å². The maximum absolute atomic E-state index is 12.6. The van der Waals surface area contributed by atoms with Gasteiger partial charge in [0.25, 0.3) is 0 Å². The minimum absolute atomic E-state index is 0.199. The first-order valence-electron chi connectivity index (χ1n) is 4.45. The molecule has 0 bridgehead atoms. The Morgan fingerprint density at radius 1 is 1.33 bits per heavy atom. The second-order valence-corrected chi connectivity index (χ2v) is 3.26. The van der Waals surface area contributed by atoms with E-state index in [4.69, 9.17) is 0 Å². The Bertz CT molecular complexity index is 488. The number of benzene rings is 1. The normalized spacial score (nSPS) is 10.3. The Labute approximate surface area is 86.2 Å². The molecule has 0 N–H and O–H groups in total. The lowest BCUT2D eigenvalue weighted by Gasteiger charge is -1.96. The van der Waals surface area contributed by atoms with Crippen LogP contribution in [0.3, 0.4) is 0 Å². The molecule has 0 saturated heterocycles. The van der Waals surface area contributed by atoms with Gasteiger partial charge in [-0.15, -0.1) is 0 Å². The van der Waals surface area contributed by atoms with E-state index in [9.17, 15) is 9.18 Å². The van der Waals surface area contributed by atoms with Crippen molar-refractivity contribution in [2.45, 2.75) is 0 Å². The minimum Gasteiger partial charge on any atom is -0.340 e. The lowest BCUT2D eigenvalue weighted by atomic mass is 10.1. The van der Waals surface area contributed by atoms with Crippen LogP contribution in [0.2, 0.25) is 0 Å². The maximum atomic E-state index is 12.6. The molecule has 0 saturated carbocycles. The smallest absolute Gasteiger partial charge is 0.212 e. The number of nitrogens with zero attached hydrogens (tertiary/aromatic N) is 2. The molecule has 0 aliphatic carbocycles. The highest BCUT2D eigenvalue weighted by atomic mass is 19.1. The molecule has 15 heavy (non-hydrogen) atoms. The van der Waals surface area contributed by atoms with Gasteiger partial charge in [0.2, 0.25) is 5.78 Å². The number of aryl methyl sites for hydroxylation is 1. The molecule has 0 aliphatic rings. The van der Waals surface area contributed by atoms with E-state index >= 15 is 0 Å². The summed E-state index contributed by atoms with van der Waals surface area (Å²) in [5, 5.41) is 0. The van der Waals surface area contributed by atoms with Crippen LogP contribution in [0.15, 0.2) is 36.8 Å². The SMILES string of the molecule is Cn1cnc(C(=O)c2ccc(F)cc2)c1. The van der Waals surface area contributed by atoms with Gasteiger partial charge in [-0.1, -0.05) is 0 Å². The van der Waals surface area contributed by atoms with Gasteiger partial charge in [-0.3, -0.25) is 4.79 Å². The Kier molecular flexibility index (Phi) is 2.33. The van der Waals surface area contributed by atoms with Crippen LogP contribution in [0.4, 0.5) is 4.39 Å². The summed E-state index contributed by atoms with van der Waals surface area (Å²) in [6.07, 6.45) is 3.18. The molecular formula is C11H9FN2O. The van der Waals surface area contributed by atoms with Crippen LogP contribution in [-0.2, 0) is 7.05 Å². The highest BCUT2D eigenvalue weighted by Gasteiger charge is 2.11. The highest BCUT2D eigenvalue weighted by molar-refractivity contribution is 6.07. The van der Waals surface area contributed by atoms with Crippen LogP contribution in [-0.4, -0.2) is 15.3 Å². The van der Waals surface area contributed by atoms with Crippen LogP contribution < -0.4 is 0 Å². The van der Waals surface area contributed by atoms with Crippen molar-refractivity contribution >= 4 is 5.78 Å². The van der Waals surface area contributed by atoms with Crippen molar-refractivity contribution in [3.63, 3.8) is 0 Å². The number of ketones is 1. The van der Waals surface area contributed by atoms with Gasteiger partial charge >= 0.3 is 0 Å². The number of aromatic nitrogens is 2. The van der Waals surface area contributed by atoms with Crippen LogP contribution in [0, 0.1) is 5.82 Å². The molecule has 2 aromatic rings. The molecule has 0 aliphatic heterocycles. The summed E-state index contributed by atoms with van der Waals surface area (Å²) < 4.78 is 14.3. The molecule has 0 radical (unpaired) electrons. The van der Waals surface area contributed by atoms with E-state index in [1.54, 1.807) is 24.1 Å². The Hall–Kier alpha value is -1.97. The molecule has 0 fully saturated rings. The largest absolute Gasteiger partial charge is 0.340 e. The predicted molar refractivity (Wildman–Crippen MR) is 53.0 cm³/mol. The van der Waals surface area contributed by atoms with Gasteiger partial charge in [0.1, 0.15) is 11.5 Å². The molecule has 1 heterocycles. The lowest BCUT2D eigenvalue weighted by molar-refractivity contribution is 0.103. The third-order valence-corrected chi connectivity index (χ3v) is 2.04. The standard InChI is InChI=1S/C11H9FN2O/c1-14-6-10(13-7-14)11(15)8-2-4-9(12)5-3-8/h2-7H,1H3. The van der Waals surface area contributed by atoms with Crippen molar-refractivity contribution in [3.05, 3.63) is 53.9 Å². The van der Waals surface area contributed by atoms with Crippen LogP contribution in [0.1, 0.15) is 16.1 Å². The van der Waals surface area contributed by atoms with Gasteiger partial charge < -0.3 is 4.57 Å². The minimum atomic E-state index is -0.354. The first-order chi connectivity index (χ1) is 7.16. The second-order valence-electron chi connectivity index (χ2n) is 3.26. The Morgan fingerprint density at radius 2 is 2.00 bits per heavy atom. The first kappa shape index (κ1) is 9.58. The first-order valence-corrected chi connectivity index (χ1v) is 4.45. The summed E-state index contributed by atoms with van der Waals surface area (Å²) in [6.45, 7) is 0. The summed E-state index contributed by atoms with van der Waals surface area (Å²) in [5.74, 6) is -0.553. The summed E-state index contributed by atoms with van der Waals surface area (Å²) >= 11 is 0. The summed E-state index contributed by atoms with van der Waals surface area (Å²) in [5.41, 5.74) is 0.805. The van der Waals surface area contributed by atoms with E-state index in [1.807, 2.05) is 0 Å². The van der Waals surface area contributed by atoms with E-state index in [0.717, 1.165) is 0 Å². The molecule has 76 valence electrons. The van der Waals surface area contributed by atoms with Crippen LogP contribution in [0.5, 0.6) is 0 Å². The highest BCUT2D eigenvalue weighted by Crippen LogP contribution is 2.08. The predicted octanol–water partition coefficient (Wildman–Crippen LogP) is 1.79. The molecule has 4 heteroatoms. The van der Waals surface area contributed by atoms with E-state index in [-0.39, 0.29) is 11.6 Å². The molecule has 0 unspecified atom stereocenters. The zero-order valence-electron chi connectivity index (χ0n) is 8.14. The quantitative estimate of drug-likeness (QED) is 0.699. The zero-order chi connectivity index (χ0) is 10.8. The molecule has 0 spiro atoms. The molecule has 1 aromatic heterocycles. The molecule has 0 amide bonds. The third-order valence-electron chi connectivity index (χ3n) is 2.04. The number of imidazole rings is 1.